The number of azide groups is 1. The molecule has 0 amide bonds. The van der Waals surface area contributed by atoms with Gasteiger partial charge in [-0.05, 0) is 33.6 Å². The maximum absolute atomic E-state index is 9.77. The topological polar surface area (TPSA) is 109 Å². The van der Waals surface area contributed by atoms with Gasteiger partial charge in [0.1, 0.15) is 11.9 Å². The van der Waals surface area contributed by atoms with Crippen LogP contribution in [0.4, 0.5) is 0 Å². The van der Waals surface area contributed by atoms with Gasteiger partial charge in [-0.1, -0.05) is 16.7 Å². The van der Waals surface area contributed by atoms with Crippen molar-refractivity contribution in [3.05, 3.63) is 37.6 Å². The van der Waals surface area contributed by atoms with E-state index in [9.17, 15) is 15.3 Å². The van der Waals surface area contributed by atoms with Gasteiger partial charge in [-0.25, -0.2) is 0 Å². The summed E-state index contributed by atoms with van der Waals surface area (Å²) < 4.78 is 0.301. The van der Waals surface area contributed by atoms with Crippen LogP contribution in [-0.4, -0.2) is 28.0 Å². The van der Waals surface area contributed by atoms with Crippen LogP contribution in [-0.2, 0) is 0 Å². The fourth-order valence-electron chi connectivity index (χ4n) is 1.24. The van der Waals surface area contributed by atoms with Crippen molar-refractivity contribution in [3.8, 4) is 5.75 Å². The summed E-state index contributed by atoms with van der Waals surface area (Å²) in [5.74, 6) is -0.220. The lowest BCUT2D eigenvalue weighted by Gasteiger charge is -2.18. The third-order valence-electron chi connectivity index (χ3n) is 2.07. The van der Waals surface area contributed by atoms with Crippen LogP contribution in [0.25, 0.3) is 10.4 Å². The van der Waals surface area contributed by atoms with E-state index in [4.69, 9.17) is 17.1 Å². The summed E-state index contributed by atoms with van der Waals surface area (Å²) in [5.41, 5.74) is 8.16. The second-order valence-corrected chi connectivity index (χ2v) is 4.54. The molecular weight excluding hydrogens is 313 g/mol. The first-order valence-electron chi connectivity index (χ1n) is 4.52. The van der Waals surface area contributed by atoms with Gasteiger partial charge in [-0.3, -0.25) is 0 Å². The second-order valence-electron chi connectivity index (χ2n) is 3.25. The molecule has 1 aromatic rings. The Morgan fingerprint density at radius 1 is 1.47 bits per heavy atom. The molecule has 0 bridgehead atoms. The van der Waals surface area contributed by atoms with E-state index in [1.807, 2.05) is 0 Å². The fraction of sp³-hybridized carbons (Fsp3) is 0.333. The number of halogens is 2. The second kappa shape index (κ2) is 6.09. The lowest BCUT2D eigenvalue weighted by Crippen LogP contribution is -2.21. The molecule has 2 atom stereocenters. The molecule has 0 heterocycles. The van der Waals surface area contributed by atoms with Crippen molar-refractivity contribution in [2.45, 2.75) is 12.2 Å². The van der Waals surface area contributed by atoms with Crippen molar-refractivity contribution >= 4 is 27.5 Å². The van der Waals surface area contributed by atoms with Gasteiger partial charge in [0.25, 0.3) is 0 Å². The average Bonchev–Trinajstić information content (AvgIpc) is 2.29. The molecule has 0 aromatic heterocycles. The molecule has 0 saturated carbocycles. The summed E-state index contributed by atoms with van der Waals surface area (Å²) in [6.07, 6.45) is -2.71. The van der Waals surface area contributed by atoms with Crippen molar-refractivity contribution in [1.29, 1.82) is 0 Å². The van der Waals surface area contributed by atoms with Gasteiger partial charge in [0, 0.05) is 15.5 Å². The minimum absolute atomic E-state index is 0.0602. The molecular formula is C9H9BrClN3O3. The van der Waals surface area contributed by atoms with Gasteiger partial charge in [-0.2, -0.15) is 0 Å². The molecule has 17 heavy (non-hydrogen) atoms. The van der Waals surface area contributed by atoms with Crippen LogP contribution in [0.2, 0.25) is 5.02 Å². The number of phenolic OH excluding ortho intramolecular Hbond substituents is 1. The zero-order valence-electron chi connectivity index (χ0n) is 8.46. The number of aromatic hydroxyl groups is 1. The molecule has 3 N–H and O–H groups in total. The Labute approximate surface area is 110 Å². The summed E-state index contributed by atoms with van der Waals surface area (Å²) in [5, 5.41) is 32.4. The third kappa shape index (κ3) is 3.49. The molecule has 0 aliphatic carbocycles. The highest BCUT2D eigenvalue weighted by Crippen LogP contribution is 2.36. The maximum atomic E-state index is 9.77. The number of aliphatic hydroxyl groups is 2. The molecule has 8 heteroatoms. The van der Waals surface area contributed by atoms with Gasteiger partial charge >= 0.3 is 0 Å². The van der Waals surface area contributed by atoms with E-state index in [2.05, 4.69) is 26.0 Å². The predicted octanol–water partition coefficient (Wildman–Crippen LogP) is 2.51. The fourth-order valence-corrected chi connectivity index (χ4v) is 2.07. The van der Waals surface area contributed by atoms with Gasteiger partial charge in [-0.15, -0.1) is 0 Å². The molecule has 92 valence electrons. The lowest BCUT2D eigenvalue weighted by molar-refractivity contribution is 0.0230. The third-order valence-corrected chi connectivity index (χ3v) is 2.90. The monoisotopic (exact) mass is 321 g/mol. The van der Waals surface area contributed by atoms with Crippen molar-refractivity contribution in [1.82, 2.24) is 0 Å². The van der Waals surface area contributed by atoms with Crippen LogP contribution in [0.3, 0.4) is 0 Å². The Bertz CT molecular complexity index is 465. The number of hydrogen-bond acceptors (Lipinski definition) is 4. The van der Waals surface area contributed by atoms with Gasteiger partial charge in [0.05, 0.1) is 17.1 Å². The summed E-state index contributed by atoms with van der Waals surface area (Å²) in [4.78, 5) is 2.47. The molecule has 6 nitrogen and oxygen atoms in total. The van der Waals surface area contributed by atoms with E-state index < -0.39 is 12.2 Å². The quantitative estimate of drug-likeness (QED) is 0.450. The molecule has 0 fully saturated rings. The molecule has 0 radical (unpaired) electrons. The largest absolute Gasteiger partial charge is 0.506 e. The Morgan fingerprint density at radius 2 is 2.12 bits per heavy atom. The molecule has 2 unspecified atom stereocenters. The minimum atomic E-state index is -1.39. The van der Waals surface area contributed by atoms with Gasteiger partial charge in [0.15, 0.2) is 0 Å². The number of hydrogen-bond donors (Lipinski definition) is 3. The highest BCUT2D eigenvalue weighted by molar-refractivity contribution is 9.10. The Morgan fingerprint density at radius 3 is 2.71 bits per heavy atom. The first kappa shape index (κ1) is 14.1. The van der Waals surface area contributed by atoms with Crippen LogP contribution in [0, 0.1) is 0 Å². The van der Waals surface area contributed by atoms with Crippen molar-refractivity contribution in [2.75, 3.05) is 6.54 Å². The Kier molecular flexibility index (Phi) is 5.04. The molecule has 0 aliphatic heterocycles. The van der Waals surface area contributed by atoms with Crippen LogP contribution in [0.5, 0.6) is 5.75 Å². The average molecular weight is 323 g/mol. The lowest BCUT2D eigenvalue weighted by atomic mass is 10.0. The Hall–Kier alpha value is -0.980. The highest BCUT2D eigenvalue weighted by Gasteiger charge is 2.22. The highest BCUT2D eigenvalue weighted by atomic mass is 79.9. The normalized spacial score (nSPS) is 13.9. The van der Waals surface area contributed by atoms with E-state index in [-0.39, 0.29) is 17.9 Å². The minimum Gasteiger partial charge on any atom is -0.506 e. The predicted molar refractivity (Wildman–Crippen MR) is 65.8 cm³/mol. The molecule has 0 saturated heterocycles. The van der Waals surface area contributed by atoms with Crippen molar-refractivity contribution < 1.29 is 15.3 Å². The van der Waals surface area contributed by atoms with Crippen LogP contribution >= 0.6 is 27.5 Å². The summed E-state index contributed by atoms with van der Waals surface area (Å²) in [6.45, 7) is -0.304. The van der Waals surface area contributed by atoms with E-state index in [0.717, 1.165) is 0 Å². The van der Waals surface area contributed by atoms with Crippen molar-refractivity contribution in [2.24, 2.45) is 5.11 Å². The summed E-state index contributed by atoms with van der Waals surface area (Å²) >= 11 is 8.82. The van der Waals surface area contributed by atoms with Crippen LogP contribution in [0.15, 0.2) is 21.7 Å². The zero-order chi connectivity index (χ0) is 13.0. The van der Waals surface area contributed by atoms with E-state index >= 15 is 0 Å². The van der Waals surface area contributed by atoms with E-state index in [1.165, 1.54) is 12.1 Å². The standard InChI is InChI=1S/C9H9BrClN3O3/c10-6-2-4(11)1-5(8(6)16)9(17)7(15)3-13-14-12/h1-2,7,9,15-17H,3H2. The molecule has 1 aromatic carbocycles. The van der Waals surface area contributed by atoms with Crippen molar-refractivity contribution in [3.63, 3.8) is 0 Å². The SMILES string of the molecule is [N-]=[N+]=NCC(O)C(O)c1cc(Cl)cc(Br)c1O. The summed E-state index contributed by atoms with van der Waals surface area (Å²) in [7, 11) is 0. The van der Waals surface area contributed by atoms with Crippen LogP contribution in [0.1, 0.15) is 11.7 Å². The number of rotatable bonds is 4. The molecule has 0 aliphatic rings. The smallest absolute Gasteiger partial charge is 0.135 e. The van der Waals surface area contributed by atoms with Gasteiger partial charge < -0.3 is 15.3 Å². The number of benzene rings is 1. The zero-order valence-corrected chi connectivity index (χ0v) is 10.8. The first-order valence-corrected chi connectivity index (χ1v) is 5.69. The van der Waals surface area contributed by atoms with Crippen LogP contribution < -0.4 is 0 Å². The van der Waals surface area contributed by atoms with Gasteiger partial charge in [0.2, 0.25) is 0 Å². The first-order chi connectivity index (χ1) is 7.97. The number of aliphatic hydroxyl groups excluding tert-OH is 2. The van der Waals surface area contributed by atoms with E-state index in [1.54, 1.807) is 0 Å². The Balaban J connectivity index is 3.02. The summed E-state index contributed by atoms with van der Waals surface area (Å²) in [6, 6.07) is 2.78. The maximum Gasteiger partial charge on any atom is 0.135 e. The number of nitrogens with zero attached hydrogens (tertiary/aromatic N) is 3. The molecule has 0 spiro atoms. The number of phenols is 1. The molecule has 1 rings (SSSR count). The van der Waals surface area contributed by atoms with E-state index in [0.29, 0.717) is 9.50 Å².